The minimum atomic E-state index is -3.97. The van der Waals surface area contributed by atoms with Crippen LogP contribution in [-0.2, 0) is 26.2 Å². The van der Waals surface area contributed by atoms with Crippen LogP contribution in [0.4, 0.5) is 11.4 Å². The van der Waals surface area contributed by atoms with Gasteiger partial charge < -0.3 is 10.2 Å². The van der Waals surface area contributed by atoms with Crippen molar-refractivity contribution in [2.24, 2.45) is 0 Å². The Morgan fingerprint density at radius 3 is 2.29 bits per heavy atom. The van der Waals surface area contributed by atoms with Gasteiger partial charge in [-0.25, -0.2) is 8.42 Å². The second kappa shape index (κ2) is 11.6. The molecule has 2 amide bonds. The maximum Gasteiger partial charge on any atom is 0.271 e. The zero-order valence-electron chi connectivity index (χ0n) is 19.7. The molecular formula is C23H30N4O6S. The van der Waals surface area contributed by atoms with Gasteiger partial charge in [-0.05, 0) is 31.9 Å². The van der Waals surface area contributed by atoms with Crippen molar-refractivity contribution in [3.8, 4) is 0 Å². The summed E-state index contributed by atoms with van der Waals surface area (Å²) in [6.45, 7) is 5.34. The molecule has 0 aliphatic carbocycles. The van der Waals surface area contributed by atoms with Gasteiger partial charge in [-0.2, -0.15) is 0 Å². The van der Waals surface area contributed by atoms with Gasteiger partial charge >= 0.3 is 0 Å². The number of nitro benzene ring substituents is 1. The van der Waals surface area contributed by atoms with Crippen LogP contribution in [0.2, 0.25) is 0 Å². The molecule has 0 spiro atoms. The molecule has 1 atom stereocenters. The fourth-order valence-electron chi connectivity index (χ4n) is 3.48. The Balaban J connectivity index is 2.45. The molecule has 1 N–H and O–H groups in total. The highest BCUT2D eigenvalue weighted by Gasteiger charge is 2.31. The smallest absolute Gasteiger partial charge is 0.271 e. The molecular weight excluding hydrogens is 460 g/mol. The molecule has 10 nitrogen and oxygen atoms in total. The molecule has 2 aromatic carbocycles. The molecule has 0 bridgehead atoms. The van der Waals surface area contributed by atoms with Crippen LogP contribution in [0.3, 0.4) is 0 Å². The van der Waals surface area contributed by atoms with Gasteiger partial charge in [0.2, 0.25) is 21.8 Å². The first-order chi connectivity index (χ1) is 16.0. The van der Waals surface area contributed by atoms with E-state index in [0.717, 1.165) is 27.8 Å². The largest absolute Gasteiger partial charge is 0.355 e. The van der Waals surface area contributed by atoms with Gasteiger partial charge in [-0.1, -0.05) is 42.8 Å². The quantitative estimate of drug-likeness (QED) is 0.381. The average Bonchev–Trinajstić information content (AvgIpc) is 2.78. The fourth-order valence-corrected chi connectivity index (χ4v) is 4.32. The number of anilines is 1. The molecule has 0 aromatic heterocycles. The Labute approximate surface area is 199 Å². The summed E-state index contributed by atoms with van der Waals surface area (Å²) in [5.41, 5.74) is 1.50. The van der Waals surface area contributed by atoms with E-state index in [9.17, 15) is 28.1 Å². The molecule has 184 valence electrons. The van der Waals surface area contributed by atoms with Crippen molar-refractivity contribution < 1.29 is 22.9 Å². The van der Waals surface area contributed by atoms with Crippen molar-refractivity contribution in [3.05, 3.63) is 69.8 Å². The van der Waals surface area contributed by atoms with Gasteiger partial charge in [0.1, 0.15) is 12.6 Å². The number of amides is 2. The van der Waals surface area contributed by atoms with Gasteiger partial charge in [-0.15, -0.1) is 0 Å². The molecule has 11 heteroatoms. The number of non-ortho nitro benzene ring substituents is 1. The number of sulfonamides is 1. The van der Waals surface area contributed by atoms with Crippen molar-refractivity contribution in [1.82, 2.24) is 10.2 Å². The molecule has 0 saturated heterocycles. The first-order valence-corrected chi connectivity index (χ1v) is 12.7. The monoisotopic (exact) mass is 490 g/mol. The molecule has 0 heterocycles. The van der Waals surface area contributed by atoms with Crippen molar-refractivity contribution in [2.75, 3.05) is 23.7 Å². The molecule has 2 rings (SSSR count). The summed E-state index contributed by atoms with van der Waals surface area (Å²) in [7, 11) is -3.97. The lowest BCUT2D eigenvalue weighted by molar-refractivity contribution is -0.384. The third-order valence-electron chi connectivity index (χ3n) is 5.22. The topological polar surface area (TPSA) is 130 Å². The predicted molar refractivity (Wildman–Crippen MR) is 130 cm³/mol. The molecule has 0 radical (unpaired) electrons. The minimum Gasteiger partial charge on any atom is -0.355 e. The van der Waals surface area contributed by atoms with Crippen LogP contribution >= 0.6 is 0 Å². The summed E-state index contributed by atoms with van der Waals surface area (Å²) < 4.78 is 25.9. The van der Waals surface area contributed by atoms with Gasteiger partial charge in [0.15, 0.2) is 0 Å². The standard InChI is InChI=1S/C23H30N4O6S/c1-5-21(23(29)24-6-2)25(15-18-12-10-17(3)11-13-18)22(28)16-26(34(4,32)33)19-8-7-9-20(14-19)27(30)31/h7-14,21H,5-6,15-16H2,1-4H3,(H,24,29)/t21-/m1/s1. The van der Waals surface area contributed by atoms with Crippen LogP contribution in [0.25, 0.3) is 0 Å². The SMILES string of the molecule is CCNC(=O)[C@@H](CC)N(Cc1ccc(C)cc1)C(=O)CN(c1cccc([N+](=O)[O-])c1)S(C)(=O)=O. The van der Waals surface area contributed by atoms with E-state index in [0.29, 0.717) is 13.0 Å². The maximum absolute atomic E-state index is 13.5. The lowest BCUT2D eigenvalue weighted by Crippen LogP contribution is -2.52. The van der Waals surface area contributed by atoms with Gasteiger partial charge in [-0.3, -0.25) is 24.0 Å². The molecule has 2 aromatic rings. The Bertz CT molecular complexity index is 1130. The highest BCUT2D eigenvalue weighted by Crippen LogP contribution is 2.24. The Morgan fingerprint density at radius 2 is 1.76 bits per heavy atom. The molecule has 0 fully saturated rings. The van der Waals surface area contributed by atoms with Gasteiger partial charge in [0, 0.05) is 25.2 Å². The summed E-state index contributed by atoms with van der Waals surface area (Å²) >= 11 is 0. The zero-order valence-corrected chi connectivity index (χ0v) is 20.5. The summed E-state index contributed by atoms with van der Waals surface area (Å²) in [5.74, 6) is -0.942. The van der Waals surface area contributed by atoms with Crippen molar-refractivity contribution in [3.63, 3.8) is 0 Å². The summed E-state index contributed by atoms with van der Waals surface area (Å²) in [6.07, 6.45) is 1.24. The van der Waals surface area contributed by atoms with E-state index in [1.54, 1.807) is 13.8 Å². The number of likely N-dealkylation sites (N-methyl/N-ethyl adjacent to an activating group) is 1. The predicted octanol–water partition coefficient (Wildman–Crippen LogP) is 2.61. The van der Waals surface area contributed by atoms with Crippen LogP contribution in [-0.4, -0.2) is 55.4 Å². The second-order valence-corrected chi connectivity index (χ2v) is 9.78. The Morgan fingerprint density at radius 1 is 1.12 bits per heavy atom. The number of carbonyl (C=O) groups is 2. The van der Waals surface area contributed by atoms with E-state index in [4.69, 9.17) is 0 Å². The zero-order chi connectivity index (χ0) is 25.5. The van der Waals surface area contributed by atoms with Gasteiger partial charge in [0.05, 0.1) is 16.9 Å². The number of aryl methyl sites for hydroxylation is 1. The van der Waals surface area contributed by atoms with Crippen LogP contribution in [0.1, 0.15) is 31.4 Å². The van der Waals surface area contributed by atoms with E-state index in [2.05, 4.69) is 5.32 Å². The number of nitro groups is 1. The van der Waals surface area contributed by atoms with E-state index in [1.165, 1.54) is 23.1 Å². The van der Waals surface area contributed by atoms with Crippen molar-refractivity contribution in [1.29, 1.82) is 0 Å². The third-order valence-corrected chi connectivity index (χ3v) is 6.36. The summed E-state index contributed by atoms with van der Waals surface area (Å²) in [5, 5.41) is 13.9. The van der Waals surface area contributed by atoms with Crippen LogP contribution in [0.15, 0.2) is 48.5 Å². The van der Waals surface area contributed by atoms with Crippen LogP contribution < -0.4 is 9.62 Å². The first kappa shape index (κ1) is 26.8. The van der Waals surface area contributed by atoms with Gasteiger partial charge in [0.25, 0.3) is 5.69 Å². The number of benzene rings is 2. The molecule has 0 aliphatic heterocycles. The Kier molecular flexibility index (Phi) is 9.13. The van der Waals surface area contributed by atoms with E-state index in [-0.39, 0.29) is 23.8 Å². The second-order valence-electron chi connectivity index (χ2n) is 7.87. The lowest BCUT2D eigenvalue weighted by Gasteiger charge is -2.32. The molecule has 0 unspecified atom stereocenters. The van der Waals surface area contributed by atoms with E-state index in [1.807, 2.05) is 31.2 Å². The average molecular weight is 491 g/mol. The number of carbonyl (C=O) groups excluding carboxylic acids is 2. The summed E-state index contributed by atoms with van der Waals surface area (Å²) in [6, 6.07) is 11.7. The number of nitrogens with zero attached hydrogens (tertiary/aromatic N) is 3. The normalized spacial score (nSPS) is 12.0. The minimum absolute atomic E-state index is 0.00797. The number of hydrogen-bond acceptors (Lipinski definition) is 6. The maximum atomic E-state index is 13.5. The number of rotatable bonds is 11. The summed E-state index contributed by atoms with van der Waals surface area (Å²) in [4.78, 5) is 38.1. The van der Waals surface area contributed by atoms with Crippen LogP contribution in [0.5, 0.6) is 0 Å². The third kappa shape index (κ3) is 7.01. The van der Waals surface area contributed by atoms with Crippen LogP contribution in [0, 0.1) is 17.0 Å². The van der Waals surface area contributed by atoms with Crippen molar-refractivity contribution in [2.45, 2.75) is 39.8 Å². The fraction of sp³-hybridized carbons (Fsp3) is 0.391. The van der Waals surface area contributed by atoms with E-state index < -0.39 is 33.4 Å². The van der Waals surface area contributed by atoms with E-state index >= 15 is 0 Å². The molecule has 0 saturated carbocycles. The molecule has 0 aliphatic rings. The highest BCUT2D eigenvalue weighted by molar-refractivity contribution is 7.92. The number of nitrogens with one attached hydrogen (secondary N) is 1. The molecule has 34 heavy (non-hydrogen) atoms. The lowest BCUT2D eigenvalue weighted by atomic mass is 10.1. The first-order valence-electron chi connectivity index (χ1n) is 10.8. The van der Waals surface area contributed by atoms with Crippen molar-refractivity contribution >= 4 is 33.2 Å². The highest BCUT2D eigenvalue weighted by atomic mass is 32.2. The Hall–Kier alpha value is -3.47. The number of hydrogen-bond donors (Lipinski definition) is 1.